The Hall–Kier alpha value is -1.36. The number of ether oxygens (including phenoxy) is 2. The summed E-state index contributed by atoms with van der Waals surface area (Å²) >= 11 is 1.81. The van der Waals surface area contributed by atoms with E-state index in [1.165, 1.54) is 4.88 Å². The first-order valence-corrected chi connectivity index (χ1v) is 11.7. The average molecular weight is 559 g/mol. The minimum atomic E-state index is 0. The van der Waals surface area contributed by atoms with Crippen LogP contribution in [0.15, 0.2) is 46.8 Å². The lowest BCUT2D eigenvalue weighted by Crippen LogP contribution is -2.46. The van der Waals surface area contributed by atoms with E-state index in [0.29, 0.717) is 12.6 Å². The van der Waals surface area contributed by atoms with Gasteiger partial charge in [-0.05, 0) is 49.9 Å². The molecule has 0 spiro atoms. The van der Waals surface area contributed by atoms with E-state index in [-0.39, 0.29) is 30.1 Å². The van der Waals surface area contributed by atoms with Crippen LogP contribution in [0.1, 0.15) is 37.3 Å². The number of thiophene rings is 1. The second kappa shape index (κ2) is 13.9. The van der Waals surface area contributed by atoms with Crippen molar-refractivity contribution in [2.24, 2.45) is 4.99 Å². The van der Waals surface area contributed by atoms with E-state index in [1.54, 1.807) is 0 Å². The molecular weight excluding hydrogens is 523 g/mol. The first-order valence-electron chi connectivity index (χ1n) is 10.8. The molecule has 2 N–H and O–H groups in total. The number of nitrogens with one attached hydrogen (secondary N) is 2. The number of morpholine rings is 1. The van der Waals surface area contributed by atoms with Crippen LogP contribution in [-0.4, -0.2) is 56.4 Å². The van der Waals surface area contributed by atoms with Crippen LogP contribution in [0, 0.1) is 0 Å². The van der Waals surface area contributed by atoms with Gasteiger partial charge in [-0.2, -0.15) is 0 Å². The van der Waals surface area contributed by atoms with Crippen LogP contribution in [0.3, 0.4) is 0 Å². The topological polar surface area (TPSA) is 58.1 Å². The van der Waals surface area contributed by atoms with Crippen LogP contribution in [0.5, 0.6) is 5.75 Å². The lowest BCUT2D eigenvalue weighted by Gasteiger charge is -2.34. The van der Waals surface area contributed by atoms with Crippen molar-refractivity contribution in [3.05, 3.63) is 52.2 Å². The van der Waals surface area contributed by atoms with Crippen molar-refractivity contribution in [2.75, 3.05) is 39.4 Å². The van der Waals surface area contributed by atoms with Crippen LogP contribution in [-0.2, 0) is 11.3 Å². The maximum Gasteiger partial charge on any atom is 0.191 e. The van der Waals surface area contributed by atoms with Crippen LogP contribution in [0.25, 0.3) is 0 Å². The predicted octanol–water partition coefficient (Wildman–Crippen LogP) is 4.28. The molecule has 1 aromatic carbocycles. The molecule has 1 saturated heterocycles. The number of rotatable bonds is 9. The van der Waals surface area contributed by atoms with Crippen LogP contribution >= 0.6 is 35.3 Å². The van der Waals surface area contributed by atoms with Gasteiger partial charge < -0.3 is 20.1 Å². The molecule has 1 aromatic heterocycles. The molecule has 31 heavy (non-hydrogen) atoms. The van der Waals surface area contributed by atoms with Crippen LogP contribution in [0.4, 0.5) is 0 Å². The summed E-state index contributed by atoms with van der Waals surface area (Å²) in [7, 11) is 0. The van der Waals surface area contributed by atoms with Crippen LogP contribution in [0.2, 0.25) is 0 Å². The molecule has 3 rings (SSSR count). The van der Waals surface area contributed by atoms with E-state index in [0.717, 1.165) is 56.7 Å². The molecule has 1 atom stereocenters. The Morgan fingerprint density at radius 1 is 1.16 bits per heavy atom. The molecule has 2 heterocycles. The van der Waals surface area contributed by atoms with Gasteiger partial charge in [-0.1, -0.05) is 18.2 Å². The molecule has 0 amide bonds. The maximum absolute atomic E-state index is 5.72. The van der Waals surface area contributed by atoms with Crippen LogP contribution < -0.4 is 15.4 Å². The third kappa shape index (κ3) is 8.59. The van der Waals surface area contributed by atoms with Crippen molar-refractivity contribution in [3.8, 4) is 5.75 Å². The Morgan fingerprint density at radius 2 is 1.90 bits per heavy atom. The fourth-order valence-corrected chi connectivity index (χ4v) is 4.29. The summed E-state index contributed by atoms with van der Waals surface area (Å²) in [5.41, 5.74) is 1.16. The first-order chi connectivity index (χ1) is 14.7. The van der Waals surface area contributed by atoms with Crippen molar-refractivity contribution < 1.29 is 9.47 Å². The smallest absolute Gasteiger partial charge is 0.191 e. The van der Waals surface area contributed by atoms with Gasteiger partial charge in [-0.15, -0.1) is 35.3 Å². The van der Waals surface area contributed by atoms with E-state index in [2.05, 4.69) is 52.1 Å². The van der Waals surface area contributed by atoms with Gasteiger partial charge in [0.05, 0.1) is 31.9 Å². The van der Waals surface area contributed by atoms with Gasteiger partial charge in [0.25, 0.3) is 0 Å². The molecule has 172 valence electrons. The number of nitrogens with zero attached hydrogens (tertiary/aromatic N) is 2. The minimum Gasteiger partial charge on any atom is -0.491 e. The highest BCUT2D eigenvalue weighted by Crippen LogP contribution is 2.25. The van der Waals surface area contributed by atoms with Gasteiger partial charge in [-0.25, -0.2) is 4.99 Å². The molecule has 0 aliphatic carbocycles. The molecule has 8 heteroatoms. The quantitative estimate of drug-likeness (QED) is 0.274. The van der Waals surface area contributed by atoms with Crippen molar-refractivity contribution in [1.82, 2.24) is 15.5 Å². The van der Waals surface area contributed by atoms with Gasteiger partial charge >= 0.3 is 0 Å². The highest BCUT2D eigenvalue weighted by Gasteiger charge is 2.23. The summed E-state index contributed by atoms with van der Waals surface area (Å²) in [6.07, 6.45) is 0.182. The summed E-state index contributed by atoms with van der Waals surface area (Å²) in [5, 5.41) is 9.07. The van der Waals surface area contributed by atoms with E-state index >= 15 is 0 Å². The Bertz CT molecular complexity index is 762. The second-order valence-electron chi connectivity index (χ2n) is 7.57. The molecule has 1 aliphatic heterocycles. The molecule has 1 aliphatic rings. The normalized spacial score (nSPS) is 15.9. The van der Waals surface area contributed by atoms with Gasteiger partial charge in [0.1, 0.15) is 5.75 Å². The number of guanidine groups is 1. The average Bonchev–Trinajstić information content (AvgIpc) is 3.28. The highest BCUT2D eigenvalue weighted by molar-refractivity contribution is 14.0. The monoisotopic (exact) mass is 558 g/mol. The van der Waals surface area contributed by atoms with Crippen molar-refractivity contribution in [2.45, 2.75) is 39.5 Å². The van der Waals surface area contributed by atoms with E-state index < -0.39 is 0 Å². The number of hydrogen-bond acceptors (Lipinski definition) is 5. The number of aliphatic imine (C=N–C) groups is 1. The molecule has 0 saturated carbocycles. The van der Waals surface area contributed by atoms with E-state index in [9.17, 15) is 0 Å². The first kappa shape index (κ1) is 25.9. The van der Waals surface area contributed by atoms with Crippen molar-refractivity contribution in [3.63, 3.8) is 0 Å². The molecule has 6 nitrogen and oxygen atoms in total. The summed E-state index contributed by atoms with van der Waals surface area (Å²) in [4.78, 5) is 8.66. The summed E-state index contributed by atoms with van der Waals surface area (Å²) in [6, 6.07) is 12.8. The minimum absolute atomic E-state index is 0. The molecule has 2 aromatic rings. The van der Waals surface area contributed by atoms with Gasteiger partial charge in [0, 0.05) is 31.1 Å². The third-order valence-corrected chi connectivity index (χ3v) is 5.85. The lowest BCUT2D eigenvalue weighted by molar-refractivity contribution is 0.0177. The molecular formula is C23H35IN4O2S. The molecule has 1 unspecified atom stereocenters. The number of halogens is 1. The van der Waals surface area contributed by atoms with Gasteiger partial charge in [0.2, 0.25) is 0 Å². The van der Waals surface area contributed by atoms with E-state index in [1.807, 2.05) is 37.3 Å². The Morgan fingerprint density at radius 3 is 2.52 bits per heavy atom. The third-order valence-electron chi connectivity index (χ3n) is 4.88. The van der Waals surface area contributed by atoms with Gasteiger partial charge in [0.15, 0.2) is 5.96 Å². The highest BCUT2D eigenvalue weighted by atomic mass is 127. The summed E-state index contributed by atoms with van der Waals surface area (Å²) in [5.74, 6) is 1.74. The number of hydrogen-bond donors (Lipinski definition) is 2. The number of benzene rings is 1. The second-order valence-corrected chi connectivity index (χ2v) is 8.55. The fraction of sp³-hybridized carbons (Fsp3) is 0.522. The SMILES string of the molecule is CCNC(=NCc1ccc(OC(C)C)cc1)NCC(c1cccs1)N1CCOCC1.I. The zero-order valence-electron chi connectivity index (χ0n) is 18.7. The predicted molar refractivity (Wildman–Crippen MR) is 140 cm³/mol. The Balaban J connectivity index is 0.00000341. The zero-order chi connectivity index (χ0) is 21.2. The fourth-order valence-electron chi connectivity index (χ4n) is 3.43. The van der Waals surface area contributed by atoms with E-state index in [4.69, 9.17) is 14.5 Å². The van der Waals surface area contributed by atoms with Gasteiger partial charge in [-0.3, -0.25) is 4.90 Å². The largest absolute Gasteiger partial charge is 0.491 e. The molecule has 0 bridgehead atoms. The maximum atomic E-state index is 5.72. The zero-order valence-corrected chi connectivity index (χ0v) is 21.8. The molecule has 1 fully saturated rings. The summed E-state index contributed by atoms with van der Waals surface area (Å²) < 4.78 is 11.3. The van der Waals surface area contributed by atoms with Crippen molar-refractivity contribution in [1.29, 1.82) is 0 Å². The standard InChI is InChI=1S/C23H34N4O2S.HI/c1-4-24-23(25-16-19-7-9-20(10-8-19)29-18(2)3)26-17-21(22-6-5-15-30-22)27-11-13-28-14-12-27;/h5-10,15,18,21H,4,11-14,16-17H2,1-3H3,(H2,24,25,26);1H. The summed E-state index contributed by atoms with van der Waals surface area (Å²) in [6.45, 7) is 11.9. The Kier molecular flexibility index (Phi) is 11.6. The van der Waals surface area contributed by atoms with Crippen molar-refractivity contribution >= 4 is 41.3 Å². The molecule has 0 radical (unpaired) electrons. The lowest BCUT2D eigenvalue weighted by atomic mass is 10.2. The Labute approximate surface area is 207 Å².